The minimum atomic E-state index is -0.494. The van der Waals surface area contributed by atoms with Crippen molar-refractivity contribution in [2.24, 2.45) is 0 Å². The van der Waals surface area contributed by atoms with E-state index >= 15 is 0 Å². The first kappa shape index (κ1) is 11.4. The molecular formula is C13H14N2O2. The zero-order valence-corrected chi connectivity index (χ0v) is 9.81. The molecule has 0 aliphatic rings. The van der Waals surface area contributed by atoms with Crippen LogP contribution in [0.2, 0.25) is 0 Å². The second-order valence-corrected chi connectivity index (χ2v) is 3.87. The lowest BCUT2D eigenvalue weighted by molar-refractivity contribution is 0.172. The first-order valence-corrected chi connectivity index (χ1v) is 5.30. The van der Waals surface area contributed by atoms with Crippen molar-refractivity contribution in [2.75, 3.05) is 14.1 Å². The van der Waals surface area contributed by atoms with Crippen molar-refractivity contribution < 1.29 is 9.53 Å². The van der Waals surface area contributed by atoms with Gasteiger partial charge in [-0.1, -0.05) is 36.4 Å². The molecule has 0 radical (unpaired) electrons. The highest BCUT2D eigenvalue weighted by molar-refractivity contribution is 5.90. The van der Waals surface area contributed by atoms with Gasteiger partial charge in [-0.25, -0.2) is 9.80 Å². The van der Waals surface area contributed by atoms with Crippen LogP contribution in [-0.2, 0) is 0 Å². The normalized spacial score (nSPS) is 10.5. The number of benzene rings is 2. The van der Waals surface area contributed by atoms with Crippen LogP contribution < -0.4 is 10.2 Å². The maximum atomic E-state index is 11.5. The number of hydrazine groups is 1. The summed E-state index contributed by atoms with van der Waals surface area (Å²) in [5, 5.41) is 3.50. The summed E-state index contributed by atoms with van der Waals surface area (Å²) in [6, 6.07) is 13.4. The quantitative estimate of drug-likeness (QED) is 0.805. The topological polar surface area (TPSA) is 41.6 Å². The monoisotopic (exact) mass is 230 g/mol. The van der Waals surface area contributed by atoms with Crippen LogP contribution in [0.1, 0.15) is 0 Å². The standard InChI is InChI=1S/C13H14N2O2/c1-15(2)14-13(16)17-12-9-5-7-10-6-3-4-8-11(10)12/h3-9H,1-2H3,(H,14,16). The van der Waals surface area contributed by atoms with Gasteiger partial charge in [0.15, 0.2) is 0 Å². The smallest absolute Gasteiger partial charge is 0.409 e. The number of amides is 1. The van der Waals surface area contributed by atoms with E-state index in [0.717, 1.165) is 10.8 Å². The molecule has 0 fully saturated rings. The highest BCUT2D eigenvalue weighted by Crippen LogP contribution is 2.25. The van der Waals surface area contributed by atoms with Crippen molar-refractivity contribution in [1.29, 1.82) is 0 Å². The number of carbonyl (C=O) groups excluding carboxylic acids is 1. The van der Waals surface area contributed by atoms with Crippen LogP contribution in [0.5, 0.6) is 5.75 Å². The van der Waals surface area contributed by atoms with Gasteiger partial charge >= 0.3 is 6.09 Å². The molecular weight excluding hydrogens is 216 g/mol. The molecule has 0 saturated carbocycles. The largest absolute Gasteiger partial charge is 0.427 e. The van der Waals surface area contributed by atoms with Crippen LogP contribution in [0.15, 0.2) is 42.5 Å². The van der Waals surface area contributed by atoms with E-state index in [0.29, 0.717) is 5.75 Å². The van der Waals surface area contributed by atoms with E-state index in [-0.39, 0.29) is 0 Å². The maximum Gasteiger partial charge on any atom is 0.427 e. The Kier molecular flexibility index (Phi) is 3.25. The minimum Gasteiger partial charge on any atom is -0.409 e. The fourth-order valence-electron chi connectivity index (χ4n) is 1.59. The van der Waals surface area contributed by atoms with E-state index in [2.05, 4.69) is 5.43 Å². The van der Waals surface area contributed by atoms with Crippen molar-refractivity contribution in [1.82, 2.24) is 10.4 Å². The molecule has 4 heteroatoms. The molecule has 1 amide bonds. The predicted octanol–water partition coefficient (Wildman–Crippen LogP) is 2.40. The zero-order valence-electron chi connectivity index (χ0n) is 9.81. The van der Waals surface area contributed by atoms with Gasteiger partial charge in [0, 0.05) is 19.5 Å². The van der Waals surface area contributed by atoms with Gasteiger partial charge in [0.05, 0.1) is 0 Å². The first-order valence-electron chi connectivity index (χ1n) is 5.30. The summed E-state index contributed by atoms with van der Waals surface area (Å²) in [6.45, 7) is 0. The Hall–Kier alpha value is -2.07. The number of ether oxygens (including phenoxy) is 1. The molecule has 0 aliphatic carbocycles. The van der Waals surface area contributed by atoms with E-state index in [1.54, 1.807) is 20.2 Å². The molecule has 0 heterocycles. The molecule has 2 aromatic carbocycles. The molecule has 0 spiro atoms. The summed E-state index contributed by atoms with van der Waals surface area (Å²) >= 11 is 0. The van der Waals surface area contributed by atoms with Gasteiger partial charge in [0.2, 0.25) is 0 Å². The summed E-state index contributed by atoms with van der Waals surface area (Å²) in [5.74, 6) is 0.558. The van der Waals surface area contributed by atoms with E-state index in [1.807, 2.05) is 36.4 Å². The Labute approximate surface area is 99.8 Å². The lowest BCUT2D eigenvalue weighted by Gasteiger charge is -2.12. The molecule has 88 valence electrons. The summed E-state index contributed by atoms with van der Waals surface area (Å²) in [5.41, 5.74) is 2.53. The van der Waals surface area contributed by atoms with Gasteiger partial charge in [0.1, 0.15) is 5.75 Å². The molecule has 0 saturated heterocycles. The number of hydrogen-bond acceptors (Lipinski definition) is 3. The number of nitrogens with one attached hydrogen (secondary N) is 1. The maximum absolute atomic E-state index is 11.5. The molecule has 2 aromatic rings. The lowest BCUT2D eigenvalue weighted by Crippen LogP contribution is -2.38. The summed E-state index contributed by atoms with van der Waals surface area (Å²) < 4.78 is 5.25. The lowest BCUT2D eigenvalue weighted by atomic mass is 10.1. The number of nitrogens with zero attached hydrogens (tertiary/aromatic N) is 1. The Morgan fingerprint density at radius 2 is 1.82 bits per heavy atom. The van der Waals surface area contributed by atoms with Crippen LogP contribution in [0.4, 0.5) is 4.79 Å². The van der Waals surface area contributed by atoms with Crippen LogP contribution in [0.3, 0.4) is 0 Å². The Morgan fingerprint density at radius 1 is 1.12 bits per heavy atom. The highest BCUT2D eigenvalue weighted by Gasteiger charge is 2.07. The van der Waals surface area contributed by atoms with Crippen LogP contribution in [-0.4, -0.2) is 25.2 Å². The first-order chi connectivity index (χ1) is 8.16. The molecule has 0 unspecified atom stereocenters. The van der Waals surface area contributed by atoms with E-state index < -0.39 is 6.09 Å². The molecule has 0 bridgehead atoms. The number of rotatable bonds is 2. The average molecular weight is 230 g/mol. The summed E-state index contributed by atoms with van der Waals surface area (Å²) in [6.07, 6.45) is -0.494. The van der Waals surface area contributed by atoms with Crippen molar-refractivity contribution >= 4 is 16.9 Å². The van der Waals surface area contributed by atoms with Crippen molar-refractivity contribution in [3.05, 3.63) is 42.5 Å². The minimum absolute atomic E-state index is 0.494. The fourth-order valence-corrected chi connectivity index (χ4v) is 1.59. The second kappa shape index (κ2) is 4.84. The summed E-state index contributed by atoms with van der Waals surface area (Å²) in [7, 11) is 3.45. The average Bonchev–Trinajstić information content (AvgIpc) is 2.28. The highest BCUT2D eigenvalue weighted by atomic mass is 16.6. The van der Waals surface area contributed by atoms with E-state index in [1.165, 1.54) is 5.01 Å². The van der Waals surface area contributed by atoms with Gasteiger partial charge in [-0.15, -0.1) is 0 Å². The van der Waals surface area contributed by atoms with Gasteiger partial charge in [-0.3, -0.25) is 5.43 Å². The fraction of sp³-hybridized carbons (Fsp3) is 0.154. The molecule has 0 aromatic heterocycles. The number of carbonyl (C=O) groups is 1. The molecule has 0 aliphatic heterocycles. The van der Waals surface area contributed by atoms with Gasteiger partial charge in [-0.2, -0.15) is 0 Å². The van der Waals surface area contributed by atoms with Crippen LogP contribution >= 0.6 is 0 Å². The Bertz CT molecular complexity index is 532. The van der Waals surface area contributed by atoms with E-state index in [4.69, 9.17) is 4.74 Å². The Balaban J connectivity index is 2.27. The third-order valence-electron chi connectivity index (χ3n) is 2.27. The van der Waals surface area contributed by atoms with Crippen molar-refractivity contribution in [3.63, 3.8) is 0 Å². The van der Waals surface area contributed by atoms with Crippen molar-refractivity contribution in [3.8, 4) is 5.75 Å². The molecule has 2 rings (SSSR count). The van der Waals surface area contributed by atoms with Gasteiger partial charge < -0.3 is 4.74 Å². The zero-order chi connectivity index (χ0) is 12.3. The number of fused-ring (bicyclic) bond motifs is 1. The molecule has 1 N–H and O–H groups in total. The number of hydrogen-bond donors (Lipinski definition) is 1. The third kappa shape index (κ3) is 2.73. The molecule has 4 nitrogen and oxygen atoms in total. The SMILES string of the molecule is CN(C)NC(=O)Oc1cccc2ccccc12. The molecule has 17 heavy (non-hydrogen) atoms. The predicted molar refractivity (Wildman–Crippen MR) is 66.8 cm³/mol. The third-order valence-corrected chi connectivity index (χ3v) is 2.27. The van der Waals surface area contributed by atoms with E-state index in [9.17, 15) is 4.79 Å². The van der Waals surface area contributed by atoms with Gasteiger partial charge in [0.25, 0.3) is 0 Å². The van der Waals surface area contributed by atoms with Crippen LogP contribution in [0.25, 0.3) is 10.8 Å². The summed E-state index contributed by atoms with van der Waals surface area (Å²) in [4.78, 5) is 11.5. The van der Waals surface area contributed by atoms with Crippen molar-refractivity contribution in [2.45, 2.75) is 0 Å². The van der Waals surface area contributed by atoms with Crippen LogP contribution in [0, 0.1) is 0 Å². The van der Waals surface area contributed by atoms with Gasteiger partial charge in [-0.05, 0) is 11.5 Å². The Morgan fingerprint density at radius 3 is 2.59 bits per heavy atom. The second-order valence-electron chi connectivity index (χ2n) is 3.87. The molecule has 0 atom stereocenters.